The van der Waals surface area contributed by atoms with E-state index in [1.165, 1.54) is 11.3 Å². The first kappa shape index (κ1) is 46.9. The molecule has 4 saturated carbocycles. The molecule has 0 aromatic carbocycles. The third kappa shape index (κ3) is 12.1. The van der Waals surface area contributed by atoms with Gasteiger partial charge in [-0.3, -0.25) is 19.5 Å². The van der Waals surface area contributed by atoms with Crippen LogP contribution in [0.2, 0.25) is 0 Å². The molecule has 0 aromatic rings. The van der Waals surface area contributed by atoms with Gasteiger partial charge < -0.3 is 64.7 Å². The molecule has 4 aliphatic rings. The van der Waals surface area contributed by atoms with Crippen molar-refractivity contribution < 1.29 is 64.2 Å². The van der Waals surface area contributed by atoms with Crippen molar-refractivity contribution in [1.29, 1.82) is 0 Å². The Bertz CT molecular complexity index is 1440. The molecular weight excluding hydrogens is 756 g/mol. The Kier molecular flexibility index (Phi) is 16.5. The second-order valence-electron chi connectivity index (χ2n) is 18.1. The van der Waals surface area contributed by atoms with E-state index in [0.717, 1.165) is 61.2 Å². The topological polar surface area (TPSA) is 280 Å². The lowest BCUT2D eigenvalue weighted by Crippen LogP contribution is -2.56. The molecule has 4 aliphatic carbocycles. The summed E-state index contributed by atoms with van der Waals surface area (Å²) in [5.41, 5.74) is 0.337. The maximum Gasteiger partial charge on any atom is 0.220 e. The first-order valence-corrected chi connectivity index (χ1v) is 20.9. The van der Waals surface area contributed by atoms with E-state index >= 15 is 0 Å². The Hall–Kier alpha value is -3.83. The lowest BCUT2D eigenvalue weighted by molar-refractivity contribution is -0.314. The molecule has 0 saturated heterocycles. The van der Waals surface area contributed by atoms with Crippen LogP contribution in [0, 0.1) is 46.3 Å². The smallest absolute Gasteiger partial charge is 0.220 e. The van der Waals surface area contributed by atoms with Gasteiger partial charge >= 0.3 is 0 Å². The predicted molar refractivity (Wildman–Crippen MR) is 193 cm³/mol. The molecule has 4 fully saturated rings. The molecule has 0 aliphatic heterocycles. The van der Waals surface area contributed by atoms with Gasteiger partial charge in [-0.2, -0.15) is 0 Å². The number of aliphatic carboxylic acids is 6. The molecule has 0 radical (unpaired) electrons. The molecule has 1 amide bonds. The molecule has 58 heavy (non-hydrogen) atoms. The number of carbonyl (C=O) groups is 7. The number of carboxylic acids is 6. The van der Waals surface area contributed by atoms with E-state index in [1.54, 1.807) is 0 Å². The van der Waals surface area contributed by atoms with Crippen molar-refractivity contribution in [2.24, 2.45) is 46.3 Å². The minimum atomic E-state index is -1.59. The number of carboxylic acid groups (broad SMARTS) is 6. The van der Waals surface area contributed by atoms with E-state index in [-0.39, 0.29) is 68.2 Å². The highest BCUT2D eigenvalue weighted by molar-refractivity contribution is 5.78. The van der Waals surface area contributed by atoms with Crippen LogP contribution >= 0.6 is 0 Å². The standard InChI is InChI=1S/C41H66N4O13/c1-25(4-11-34(47)48)29-7-8-30-28-6-5-26-20-27(12-14-40(26,2)31(28)13-15-41(29,30)3)42-33(46)10-9-32(39(57)58)45(18-16-43(21-35(49)50)22-36(51)52)19-17-44(23-37(53)54)24-38(55)56/h25-32H,4-24H2,1-3H3,(H,42,46)(H,47,48)(H,49,50)(H,51,52)(H,53,54)(H,55,56)(H,57,58)/p-6/t25?,26-,27+,28?,29-,30?,31?,32+,40+,41-/m1/s1. The summed E-state index contributed by atoms with van der Waals surface area (Å²) >= 11 is 0. The van der Waals surface area contributed by atoms with Gasteiger partial charge in [0.15, 0.2) is 0 Å². The average molecular weight is 817 g/mol. The van der Waals surface area contributed by atoms with Crippen LogP contribution in [0.5, 0.6) is 0 Å². The van der Waals surface area contributed by atoms with Crippen molar-refractivity contribution in [3.63, 3.8) is 0 Å². The summed E-state index contributed by atoms with van der Waals surface area (Å²) in [5, 5.41) is 71.8. The summed E-state index contributed by atoms with van der Waals surface area (Å²) in [6.45, 7) is 2.71. The van der Waals surface area contributed by atoms with Crippen LogP contribution in [0.4, 0.5) is 0 Å². The van der Waals surface area contributed by atoms with E-state index in [4.69, 9.17) is 0 Å². The zero-order valence-corrected chi connectivity index (χ0v) is 34.1. The molecule has 328 valence electrons. The van der Waals surface area contributed by atoms with Crippen molar-refractivity contribution in [2.45, 2.75) is 116 Å². The van der Waals surface area contributed by atoms with Crippen LogP contribution < -0.4 is 36.0 Å². The van der Waals surface area contributed by atoms with Crippen molar-refractivity contribution in [3.05, 3.63) is 0 Å². The summed E-state index contributed by atoms with van der Waals surface area (Å²) in [5.74, 6) is -6.21. The van der Waals surface area contributed by atoms with Gasteiger partial charge in [0, 0.05) is 76.8 Å². The molecule has 17 heteroatoms. The highest BCUT2D eigenvalue weighted by atomic mass is 16.4. The quantitative estimate of drug-likeness (QED) is 0.0956. The Labute approximate surface area is 340 Å². The first-order valence-electron chi connectivity index (χ1n) is 20.9. The number of nitrogens with zero attached hydrogens (tertiary/aromatic N) is 3. The minimum absolute atomic E-state index is 0.0976. The lowest BCUT2D eigenvalue weighted by atomic mass is 9.44. The van der Waals surface area contributed by atoms with Crippen molar-refractivity contribution >= 4 is 41.7 Å². The van der Waals surface area contributed by atoms with E-state index in [9.17, 15) is 64.2 Å². The van der Waals surface area contributed by atoms with Crippen LogP contribution in [-0.4, -0.2) is 121 Å². The number of hydrogen-bond donors (Lipinski definition) is 1. The molecular formula is C41H60N4O13-6. The van der Waals surface area contributed by atoms with Gasteiger partial charge in [0.05, 0.1) is 29.8 Å². The second-order valence-corrected chi connectivity index (χ2v) is 18.1. The highest BCUT2D eigenvalue weighted by Gasteiger charge is 2.60. The Morgan fingerprint density at radius 1 is 0.621 bits per heavy atom. The Morgan fingerprint density at radius 3 is 1.67 bits per heavy atom. The fraction of sp³-hybridized carbons (Fsp3) is 0.829. The normalized spacial score (nSPS) is 30.2. The summed E-state index contributed by atoms with van der Waals surface area (Å²) in [4.78, 5) is 85.2. The summed E-state index contributed by atoms with van der Waals surface area (Å²) in [6.07, 6.45) is 9.60. The zero-order chi connectivity index (χ0) is 42.9. The molecule has 4 unspecified atom stereocenters. The van der Waals surface area contributed by atoms with Crippen LogP contribution in [0.3, 0.4) is 0 Å². The molecule has 0 heterocycles. The van der Waals surface area contributed by atoms with Gasteiger partial charge in [-0.1, -0.05) is 20.8 Å². The SMILES string of the molecule is CC(CCC(=O)[O-])[C@H]1CCC2C3CC[C@@H]4C[C@@H](NC(=O)CC[C@@H](C(=O)[O-])N(CCN(CC(=O)[O-])CC(=O)[O-])CCN(CC(=O)[O-])CC(=O)[O-])CC[C@]4(C)C3CC[C@@]21C. The van der Waals surface area contributed by atoms with Crippen LogP contribution in [-0.2, 0) is 33.6 Å². The van der Waals surface area contributed by atoms with Gasteiger partial charge in [0.25, 0.3) is 0 Å². The molecule has 0 spiro atoms. The van der Waals surface area contributed by atoms with Crippen LogP contribution in [0.15, 0.2) is 0 Å². The molecule has 10 atom stereocenters. The first-order chi connectivity index (χ1) is 27.2. The summed E-state index contributed by atoms with van der Waals surface area (Å²) in [6, 6.07) is -1.56. The molecule has 1 N–H and O–H groups in total. The van der Waals surface area contributed by atoms with Gasteiger partial charge in [-0.25, -0.2) is 0 Å². The van der Waals surface area contributed by atoms with Gasteiger partial charge in [-0.15, -0.1) is 0 Å². The third-order valence-electron chi connectivity index (χ3n) is 14.8. The van der Waals surface area contributed by atoms with Crippen molar-refractivity contribution in [2.75, 3.05) is 52.4 Å². The number of hydrogen-bond acceptors (Lipinski definition) is 16. The number of fused-ring (bicyclic) bond motifs is 5. The van der Waals surface area contributed by atoms with Gasteiger partial charge in [0.1, 0.15) is 0 Å². The number of rotatable bonds is 24. The van der Waals surface area contributed by atoms with Crippen molar-refractivity contribution in [3.8, 4) is 0 Å². The number of amides is 1. The van der Waals surface area contributed by atoms with E-state index in [1.807, 2.05) is 0 Å². The highest BCUT2D eigenvalue weighted by Crippen LogP contribution is 2.68. The predicted octanol–water partition coefficient (Wildman–Crippen LogP) is -4.90. The van der Waals surface area contributed by atoms with E-state index in [2.05, 4.69) is 26.1 Å². The summed E-state index contributed by atoms with van der Waals surface area (Å²) in [7, 11) is 0. The third-order valence-corrected chi connectivity index (χ3v) is 14.8. The van der Waals surface area contributed by atoms with Crippen molar-refractivity contribution in [1.82, 2.24) is 20.0 Å². The molecule has 4 rings (SSSR count). The van der Waals surface area contributed by atoms with E-state index < -0.39 is 68.0 Å². The minimum Gasteiger partial charge on any atom is -0.550 e. The molecule has 17 nitrogen and oxygen atoms in total. The molecule has 0 aromatic heterocycles. The maximum atomic E-state index is 13.4. The molecule has 0 bridgehead atoms. The largest absolute Gasteiger partial charge is 0.550 e. The Morgan fingerprint density at radius 2 is 1.16 bits per heavy atom. The van der Waals surface area contributed by atoms with Crippen LogP contribution in [0.1, 0.15) is 104 Å². The Balaban J connectivity index is 1.37. The van der Waals surface area contributed by atoms with Gasteiger partial charge in [0.2, 0.25) is 5.91 Å². The van der Waals surface area contributed by atoms with Gasteiger partial charge in [-0.05, 0) is 123 Å². The zero-order valence-electron chi connectivity index (χ0n) is 34.1. The lowest BCUT2D eigenvalue weighted by Gasteiger charge is -2.61. The monoisotopic (exact) mass is 816 g/mol. The fourth-order valence-corrected chi connectivity index (χ4v) is 12.0. The van der Waals surface area contributed by atoms with Crippen LogP contribution in [0.25, 0.3) is 0 Å². The summed E-state index contributed by atoms with van der Waals surface area (Å²) < 4.78 is 0. The number of nitrogens with one attached hydrogen (secondary N) is 1. The maximum absolute atomic E-state index is 13.4. The average Bonchev–Trinajstić information content (AvgIpc) is 3.47. The fourth-order valence-electron chi connectivity index (χ4n) is 12.0. The van der Waals surface area contributed by atoms with E-state index in [0.29, 0.717) is 41.9 Å². The number of carbonyl (C=O) groups excluding carboxylic acids is 7. The second kappa shape index (κ2) is 20.4.